The number of carbonyl (C=O) groups is 2. The molecule has 2 aromatic rings. The Morgan fingerprint density at radius 3 is 2.57 bits per heavy atom. The zero-order valence-corrected chi connectivity index (χ0v) is 18.6. The van der Waals surface area contributed by atoms with Crippen LogP contribution >= 0.6 is 0 Å². The minimum Gasteiger partial charge on any atom is -0.444 e. The van der Waals surface area contributed by atoms with Gasteiger partial charge in [0, 0.05) is 24.3 Å². The number of nitrogens with one attached hydrogen (secondary N) is 1. The number of likely N-dealkylation sites (tertiary alicyclic amines) is 1. The van der Waals surface area contributed by atoms with Gasteiger partial charge in [0.2, 0.25) is 5.91 Å². The molecule has 1 aliphatic heterocycles. The predicted molar refractivity (Wildman–Crippen MR) is 115 cm³/mol. The average molecular weight is 413 g/mol. The van der Waals surface area contributed by atoms with Crippen LogP contribution in [0.2, 0.25) is 0 Å². The number of aryl methyl sites for hydroxylation is 1. The van der Waals surface area contributed by atoms with Gasteiger partial charge >= 0.3 is 6.09 Å². The summed E-state index contributed by atoms with van der Waals surface area (Å²) in [6.07, 6.45) is 1.02. The summed E-state index contributed by atoms with van der Waals surface area (Å²) in [4.78, 5) is 26.8. The summed E-state index contributed by atoms with van der Waals surface area (Å²) in [5.74, 6) is -0.145. The number of hydrogen-bond donors (Lipinski definition) is 1. The van der Waals surface area contributed by atoms with E-state index in [-0.39, 0.29) is 5.91 Å². The Kier molecular flexibility index (Phi) is 6.48. The van der Waals surface area contributed by atoms with Gasteiger partial charge in [-0.05, 0) is 53.0 Å². The van der Waals surface area contributed by atoms with Crippen LogP contribution in [0.4, 0.5) is 4.79 Å². The van der Waals surface area contributed by atoms with E-state index in [4.69, 9.17) is 4.74 Å². The molecule has 7 heteroatoms. The van der Waals surface area contributed by atoms with E-state index < -0.39 is 17.7 Å². The first-order valence-electron chi connectivity index (χ1n) is 10.5. The molecule has 2 heterocycles. The van der Waals surface area contributed by atoms with Crippen LogP contribution in [-0.2, 0) is 22.6 Å². The highest BCUT2D eigenvalue weighted by Gasteiger charge is 2.36. The van der Waals surface area contributed by atoms with Crippen molar-refractivity contribution in [1.82, 2.24) is 20.0 Å². The maximum Gasteiger partial charge on any atom is 0.410 e. The molecule has 1 aromatic heterocycles. The Labute approximate surface area is 178 Å². The number of benzene rings is 1. The van der Waals surface area contributed by atoms with Gasteiger partial charge in [-0.2, -0.15) is 5.10 Å². The average Bonchev–Trinajstić information content (AvgIpc) is 3.25. The summed E-state index contributed by atoms with van der Waals surface area (Å²) in [5, 5.41) is 7.65. The minimum absolute atomic E-state index is 0.145. The molecule has 30 heavy (non-hydrogen) atoms. The van der Waals surface area contributed by atoms with Gasteiger partial charge in [-0.25, -0.2) is 4.79 Å². The van der Waals surface area contributed by atoms with E-state index in [0.29, 0.717) is 26.1 Å². The normalized spacial score (nSPS) is 16.6. The third kappa shape index (κ3) is 5.20. The van der Waals surface area contributed by atoms with Crippen LogP contribution in [0.3, 0.4) is 0 Å². The Balaban J connectivity index is 1.63. The first kappa shape index (κ1) is 21.9. The molecule has 1 saturated heterocycles. The third-order valence-corrected chi connectivity index (χ3v) is 5.33. The van der Waals surface area contributed by atoms with Crippen molar-refractivity contribution in [2.24, 2.45) is 0 Å². The molecule has 0 saturated carbocycles. The van der Waals surface area contributed by atoms with Crippen LogP contribution in [0.5, 0.6) is 0 Å². The molecular formula is C23H32N4O3. The molecule has 0 radical (unpaired) electrons. The molecule has 162 valence electrons. The maximum atomic E-state index is 12.8. The maximum absolute atomic E-state index is 12.8. The van der Waals surface area contributed by atoms with Crippen molar-refractivity contribution >= 4 is 12.0 Å². The second-order valence-corrected chi connectivity index (χ2v) is 8.84. The molecule has 1 aromatic carbocycles. The van der Waals surface area contributed by atoms with Gasteiger partial charge in [-0.15, -0.1) is 0 Å². The monoisotopic (exact) mass is 412 g/mol. The summed E-state index contributed by atoms with van der Waals surface area (Å²) >= 11 is 0. The zero-order chi connectivity index (χ0) is 21.9. The van der Waals surface area contributed by atoms with Crippen LogP contribution < -0.4 is 5.32 Å². The summed E-state index contributed by atoms with van der Waals surface area (Å²) in [7, 11) is 0. The molecule has 7 nitrogen and oxygen atoms in total. The Hall–Kier alpha value is -2.83. The van der Waals surface area contributed by atoms with Gasteiger partial charge < -0.3 is 10.1 Å². The van der Waals surface area contributed by atoms with Gasteiger partial charge in [-0.1, -0.05) is 30.3 Å². The molecule has 1 aliphatic rings. The molecule has 0 spiro atoms. The minimum atomic E-state index is -0.581. The van der Waals surface area contributed by atoms with Crippen molar-refractivity contribution in [3.8, 4) is 0 Å². The summed E-state index contributed by atoms with van der Waals surface area (Å²) < 4.78 is 7.42. The fourth-order valence-electron chi connectivity index (χ4n) is 3.77. The van der Waals surface area contributed by atoms with Gasteiger partial charge in [0.15, 0.2) is 0 Å². The van der Waals surface area contributed by atoms with Crippen LogP contribution in [-0.4, -0.2) is 44.9 Å². The molecule has 1 atom stereocenters. The van der Waals surface area contributed by atoms with Crippen molar-refractivity contribution in [2.45, 2.75) is 72.2 Å². The van der Waals surface area contributed by atoms with Gasteiger partial charge in [0.05, 0.1) is 12.2 Å². The standard InChI is InChI=1S/C23H32N4O3/c1-16-19(17(2)27(25-16)15-18-10-7-6-8-11-18)14-24-21(28)20-12-9-13-26(20)22(29)30-23(3,4)5/h6-8,10-11,20H,9,12-15H2,1-5H3,(H,24,28)/t20-/m0/s1. The Morgan fingerprint density at radius 2 is 1.90 bits per heavy atom. The fourth-order valence-corrected chi connectivity index (χ4v) is 3.77. The number of carbonyl (C=O) groups excluding carboxylic acids is 2. The van der Waals surface area contributed by atoms with Crippen LogP contribution in [0.25, 0.3) is 0 Å². The van der Waals surface area contributed by atoms with E-state index in [9.17, 15) is 9.59 Å². The second-order valence-electron chi connectivity index (χ2n) is 8.84. The fraction of sp³-hybridized carbons (Fsp3) is 0.522. The third-order valence-electron chi connectivity index (χ3n) is 5.33. The van der Waals surface area contributed by atoms with E-state index in [1.54, 1.807) is 4.90 Å². The van der Waals surface area contributed by atoms with E-state index >= 15 is 0 Å². The summed E-state index contributed by atoms with van der Waals surface area (Å²) in [6.45, 7) is 11.1. The van der Waals surface area contributed by atoms with Crippen LogP contribution in [0, 0.1) is 13.8 Å². The van der Waals surface area contributed by atoms with Crippen molar-refractivity contribution in [3.63, 3.8) is 0 Å². The van der Waals surface area contributed by atoms with Crippen LogP contribution in [0.1, 0.15) is 56.1 Å². The van der Waals surface area contributed by atoms with E-state index in [0.717, 1.165) is 23.4 Å². The molecule has 2 amide bonds. The molecule has 3 rings (SSSR count). The molecule has 0 unspecified atom stereocenters. The molecular weight excluding hydrogens is 380 g/mol. The number of rotatable bonds is 5. The SMILES string of the molecule is Cc1nn(Cc2ccccc2)c(C)c1CNC(=O)[C@@H]1CCCN1C(=O)OC(C)(C)C. The van der Waals surface area contributed by atoms with Gasteiger partial charge in [-0.3, -0.25) is 14.4 Å². The Bertz CT molecular complexity index is 899. The van der Waals surface area contributed by atoms with Gasteiger partial charge in [0.25, 0.3) is 0 Å². The highest BCUT2D eigenvalue weighted by Crippen LogP contribution is 2.21. The Morgan fingerprint density at radius 1 is 1.20 bits per heavy atom. The lowest BCUT2D eigenvalue weighted by Crippen LogP contribution is -2.47. The second kappa shape index (κ2) is 8.90. The lowest BCUT2D eigenvalue weighted by molar-refractivity contribution is -0.125. The molecule has 0 bridgehead atoms. The zero-order valence-electron chi connectivity index (χ0n) is 18.6. The topological polar surface area (TPSA) is 76.5 Å². The highest BCUT2D eigenvalue weighted by molar-refractivity contribution is 5.86. The largest absolute Gasteiger partial charge is 0.444 e. The van der Waals surface area contributed by atoms with Crippen molar-refractivity contribution in [1.29, 1.82) is 0 Å². The van der Waals surface area contributed by atoms with E-state index in [1.165, 1.54) is 5.56 Å². The summed E-state index contributed by atoms with van der Waals surface area (Å²) in [5.41, 5.74) is 3.55. The lowest BCUT2D eigenvalue weighted by atomic mass is 10.1. The first-order chi connectivity index (χ1) is 14.2. The molecule has 1 fully saturated rings. The molecule has 0 aliphatic carbocycles. The predicted octanol–water partition coefficient (Wildman–Crippen LogP) is 3.56. The number of aromatic nitrogens is 2. The quantitative estimate of drug-likeness (QED) is 0.815. The van der Waals surface area contributed by atoms with Crippen molar-refractivity contribution in [2.75, 3.05) is 6.54 Å². The van der Waals surface area contributed by atoms with Crippen molar-refractivity contribution in [3.05, 3.63) is 52.8 Å². The van der Waals surface area contributed by atoms with Crippen LogP contribution in [0.15, 0.2) is 30.3 Å². The number of amides is 2. The highest BCUT2D eigenvalue weighted by atomic mass is 16.6. The lowest BCUT2D eigenvalue weighted by Gasteiger charge is -2.28. The number of nitrogens with zero attached hydrogens (tertiary/aromatic N) is 3. The van der Waals surface area contributed by atoms with Crippen molar-refractivity contribution < 1.29 is 14.3 Å². The first-order valence-corrected chi connectivity index (χ1v) is 10.5. The summed E-state index contributed by atoms with van der Waals surface area (Å²) in [6, 6.07) is 9.68. The van der Waals surface area contributed by atoms with E-state index in [2.05, 4.69) is 22.5 Å². The molecule has 1 N–H and O–H groups in total. The van der Waals surface area contributed by atoms with Gasteiger partial charge in [0.1, 0.15) is 11.6 Å². The smallest absolute Gasteiger partial charge is 0.410 e. The number of ether oxygens (including phenoxy) is 1. The number of hydrogen-bond acceptors (Lipinski definition) is 4. The van der Waals surface area contributed by atoms with E-state index in [1.807, 2.05) is 57.5 Å².